The zero-order chi connectivity index (χ0) is 22.4. The van der Waals surface area contributed by atoms with E-state index < -0.39 is 10.0 Å². The molecular formula is C25H29ClN2O3S. The Balaban J connectivity index is 0.00000363. The second-order valence-corrected chi connectivity index (χ2v) is 9.56. The van der Waals surface area contributed by atoms with Crippen molar-refractivity contribution in [1.29, 1.82) is 0 Å². The minimum Gasteiger partial charge on any atom is -0.303 e. The van der Waals surface area contributed by atoms with E-state index in [1.54, 1.807) is 6.07 Å². The van der Waals surface area contributed by atoms with Gasteiger partial charge in [-0.25, -0.2) is 13.6 Å². The van der Waals surface area contributed by atoms with Crippen LogP contribution in [0.15, 0.2) is 83.8 Å². The van der Waals surface area contributed by atoms with E-state index in [0.29, 0.717) is 5.56 Å². The summed E-state index contributed by atoms with van der Waals surface area (Å²) in [4.78, 5) is 12.6. The molecule has 0 radical (unpaired) electrons. The van der Waals surface area contributed by atoms with Crippen molar-refractivity contribution in [3.8, 4) is 0 Å². The third-order valence-corrected chi connectivity index (χ3v) is 6.13. The van der Waals surface area contributed by atoms with Gasteiger partial charge in [0.25, 0.3) is 0 Å². The monoisotopic (exact) mass is 472 g/mol. The Hall–Kier alpha value is -2.51. The number of carbonyl (C=O) groups is 1. The van der Waals surface area contributed by atoms with Crippen LogP contribution in [0.5, 0.6) is 0 Å². The standard InChI is InChI=1S/C25H28N2O3S.ClH/c1-18(2)25(21-13-11-20(12-14-21)15-19-7-4-3-5-8-19)27-17-24(28)22-9-6-10-23(16-22)31(26,29)30;/h3-14,16,18,25,27H,15,17H2,1-2H3,(H2,26,29,30);1H. The van der Waals surface area contributed by atoms with Crippen LogP contribution in [0.2, 0.25) is 0 Å². The summed E-state index contributed by atoms with van der Waals surface area (Å²) in [5.74, 6) is 0.0837. The molecule has 1 unspecified atom stereocenters. The molecule has 0 spiro atoms. The minimum atomic E-state index is -3.85. The van der Waals surface area contributed by atoms with E-state index in [-0.39, 0.29) is 41.6 Å². The zero-order valence-electron chi connectivity index (χ0n) is 18.2. The van der Waals surface area contributed by atoms with E-state index in [1.165, 1.54) is 29.3 Å². The predicted molar refractivity (Wildman–Crippen MR) is 131 cm³/mol. The maximum atomic E-state index is 12.6. The summed E-state index contributed by atoms with van der Waals surface area (Å²) in [6.45, 7) is 4.30. The first-order valence-electron chi connectivity index (χ1n) is 10.3. The summed E-state index contributed by atoms with van der Waals surface area (Å²) in [6.07, 6.45) is 0.875. The molecule has 170 valence electrons. The van der Waals surface area contributed by atoms with Gasteiger partial charge in [-0.2, -0.15) is 0 Å². The number of rotatable bonds is 9. The van der Waals surface area contributed by atoms with Gasteiger partial charge in [0.05, 0.1) is 11.4 Å². The lowest BCUT2D eigenvalue weighted by Gasteiger charge is -2.23. The fourth-order valence-corrected chi connectivity index (χ4v) is 4.12. The van der Waals surface area contributed by atoms with Crippen LogP contribution in [0, 0.1) is 5.92 Å². The highest BCUT2D eigenvalue weighted by atomic mass is 35.5. The van der Waals surface area contributed by atoms with Crippen molar-refractivity contribution in [3.63, 3.8) is 0 Å². The van der Waals surface area contributed by atoms with Crippen molar-refractivity contribution in [2.45, 2.75) is 31.2 Å². The molecule has 0 saturated heterocycles. The van der Waals surface area contributed by atoms with E-state index in [1.807, 2.05) is 18.2 Å². The molecule has 0 fully saturated rings. The molecule has 0 aliphatic carbocycles. The molecule has 0 saturated carbocycles. The van der Waals surface area contributed by atoms with E-state index in [2.05, 4.69) is 55.6 Å². The molecular weight excluding hydrogens is 444 g/mol. The number of carbonyl (C=O) groups excluding carboxylic acids is 1. The molecule has 0 amide bonds. The predicted octanol–water partition coefficient (Wildman–Crippen LogP) is 4.52. The highest BCUT2D eigenvalue weighted by molar-refractivity contribution is 7.89. The molecule has 0 aliphatic heterocycles. The molecule has 3 aromatic rings. The Morgan fingerprint density at radius 2 is 1.53 bits per heavy atom. The van der Waals surface area contributed by atoms with Gasteiger partial charge >= 0.3 is 0 Å². The molecule has 3 rings (SSSR count). The first-order valence-corrected chi connectivity index (χ1v) is 11.8. The van der Waals surface area contributed by atoms with Crippen molar-refractivity contribution >= 4 is 28.2 Å². The lowest BCUT2D eigenvalue weighted by atomic mass is 9.94. The maximum absolute atomic E-state index is 12.6. The molecule has 3 aromatic carbocycles. The minimum absolute atomic E-state index is 0. The lowest BCUT2D eigenvalue weighted by Crippen LogP contribution is -2.31. The molecule has 3 N–H and O–H groups in total. The van der Waals surface area contributed by atoms with Crippen molar-refractivity contribution in [3.05, 3.63) is 101 Å². The average Bonchev–Trinajstić information content (AvgIpc) is 2.75. The number of ketones is 1. The molecule has 0 aliphatic rings. The van der Waals surface area contributed by atoms with Crippen LogP contribution in [0.3, 0.4) is 0 Å². The number of hydrogen-bond acceptors (Lipinski definition) is 4. The number of primary sulfonamides is 1. The van der Waals surface area contributed by atoms with E-state index in [0.717, 1.165) is 12.0 Å². The van der Waals surface area contributed by atoms with Gasteiger partial charge in [0.2, 0.25) is 10.0 Å². The summed E-state index contributed by atoms with van der Waals surface area (Å²) in [5, 5.41) is 8.50. The van der Waals surface area contributed by atoms with Crippen LogP contribution in [0.25, 0.3) is 0 Å². The fraction of sp³-hybridized carbons (Fsp3) is 0.240. The molecule has 0 bridgehead atoms. The van der Waals surface area contributed by atoms with Crippen LogP contribution >= 0.6 is 12.4 Å². The molecule has 5 nitrogen and oxygen atoms in total. The highest BCUT2D eigenvalue weighted by Gasteiger charge is 2.18. The average molecular weight is 473 g/mol. The second kappa shape index (κ2) is 11.4. The van der Waals surface area contributed by atoms with Gasteiger partial charge in [0, 0.05) is 11.6 Å². The van der Waals surface area contributed by atoms with Crippen LogP contribution in [-0.2, 0) is 16.4 Å². The number of halogens is 1. The van der Waals surface area contributed by atoms with Gasteiger partial charge in [-0.3, -0.25) is 4.79 Å². The Morgan fingerprint density at radius 3 is 2.12 bits per heavy atom. The summed E-state index contributed by atoms with van der Waals surface area (Å²) in [5.41, 5.74) is 3.92. The number of hydrogen-bond donors (Lipinski definition) is 2. The largest absolute Gasteiger partial charge is 0.303 e. The number of Topliss-reactive ketones (excluding diaryl/α,β-unsaturated/α-hetero) is 1. The summed E-state index contributed by atoms with van der Waals surface area (Å²) >= 11 is 0. The van der Waals surface area contributed by atoms with Crippen LogP contribution < -0.4 is 10.5 Å². The van der Waals surface area contributed by atoms with Gasteiger partial charge in [-0.15, -0.1) is 12.4 Å². The second-order valence-electron chi connectivity index (χ2n) is 8.00. The van der Waals surface area contributed by atoms with Gasteiger partial charge < -0.3 is 5.32 Å². The Bertz CT molecular complexity index is 1130. The number of benzene rings is 3. The van der Waals surface area contributed by atoms with E-state index >= 15 is 0 Å². The SMILES string of the molecule is CC(C)C(NCC(=O)c1cccc(S(N)(=O)=O)c1)c1ccc(Cc2ccccc2)cc1.Cl. The summed E-state index contributed by atoms with van der Waals surface area (Å²) < 4.78 is 23.1. The van der Waals surface area contributed by atoms with Crippen molar-refractivity contribution in [2.75, 3.05) is 6.54 Å². The highest BCUT2D eigenvalue weighted by Crippen LogP contribution is 2.23. The topological polar surface area (TPSA) is 89.3 Å². The Kier molecular flexibility index (Phi) is 9.16. The molecule has 32 heavy (non-hydrogen) atoms. The van der Waals surface area contributed by atoms with Crippen molar-refractivity contribution in [2.24, 2.45) is 11.1 Å². The summed E-state index contributed by atoms with van der Waals surface area (Å²) in [7, 11) is -3.85. The van der Waals surface area contributed by atoms with Gasteiger partial charge in [-0.05, 0) is 41.2 Å². The fourth-order valence-electron chi connectivity index (χ4n) is 3.56. The quantitative estimate of drug-likeness (QED) is 0.448. The smallest absolute Gasteiger partial charge is 0.238 e. The number of sulfonamides is 1. The normalized spacial score (nSPS) is 12.2. The van der Waals surface area contributed by atoms with Gasteiger partial charge in [0.15, 0.2) is 5.78 Å². The first-order chi connectivity index (χ1) is 14.7. The molecule has 0 heterocycles. The van der Waals surface area contributed by atoms with Crippen molar-refractivity contribution in [1.82, 2.24) is 5.32 Å². The van der Waals surface area contributed by atoms with Crippen molar-refractivity contribution < 1.29 is 13.2 Å². The number of nitrogens with two attached hydrogens (primary N) is 1. The third-order valence-electron chi connectivity index (χ3n) is 5.22. The third kappa shape index (κ3) is 7.00. The first kappa shape index (κ1) is 25.7. The Morgan fingerprint density at radius 1 is 0.906 bits per heavy atom. The number of nitrogens with one attached hydrogen (secondary N) is 1. The molecule has 7 heteroatoms. The zero-order valence-corrected chi connectivity index (χ0v) is 19.8. The van der Waals surface area contributed by atoms with E-state index in [4.69, 9.17) is 5.14 Å². The molecule has 0 aromatic heterocycles. The van der Waals surface area contributed by atoms with Crippen LogP contribution in [0.4, 0.5) is 0 Å². The van der Waals surface area contributed by atoms with Crippen LogP contribution in [0.1, 0.15) is 46.9 Å². The molecule has 1 atom stereocenters. The van der Waals surface area contributed by atoms with Gasteiger partial charge in [0.1, 0.15) is 0 Å². The Labute approximate surface area is 196 Å². The maximum Gasteiger partial charge on any atom is 0.238 e. The van der Waals surface area contributed by atoms with Crippen LogP contribution in [-0.4, -0.2) is 20.7 Å². The summed E-state index contributed by atoms with van der Waals surface area (Å²) in [6, 6.07) is 24.6. The lowest BCUT2D eigenvalue weighted by molar-refractivity contribution is 0.0984. The van der Waals surface area contributed by atoms with Gasteiger partial charge in [-0.1, -0.05) is 80.6 Å². The van der Waals surface area contributed by atoms with E-state index in [9.17, 15) is 13.2 Å².